The molecule has 108 valence electrons. The number of nitrogen functional groups attached to an aromatic ring is 1. The van der Waals surface area contributed by atoms with Crippen LogP contribution in [0.4, 0.5) is 19.0 Å². The van der Waals surface area contributed by atoms with E-state index >= 15 is 0 Å². The second kappa shape index (κ2) is 5.56. The van der Waals surface area contributed by atoms with Crippen molar-refractivity contribution < 1.29 is 13.2 Å². The molecule has 0 atom stereocenters. The predicted molar refractivity (Wildman–Crippen MR) is 71.6 cm³/mol. The van der Waals surface area contributed by atoms with E-state index in [9.17, 15) is 13.2 Å². The molecule has 0 unspecified atom stereocenters. The fourth-order valence-corrected chi connectivity index (χ4v) is 1.95. The van der Waals surface area contributed by atoms with E-state index in [0.29, 0.717) is 11.5 Å². The Labute approximate surface area is 115 Å². The van der Waals surface area contributed by atoms with Crippen molar-refractivity contribution in [1.29, 1.82) is 0 Å². The number of hydrogen-bond acceptors (Lipinski definition) is 2. The van der Waals surface area contributed by atoms with Crippen molar-refractivity contribution in [3.05, 3.63) is 41.6 Å². The third-order valence-corrected chi connectivity index (χ3v) is 2.99. The third-order valence-electron chi connectivity index (χ3n) is 2.99. The fourth-order valence-electron chi connectivity index (χ4n) is 1.95. The molecule has 0 saturated carbocycles. The zero-order chi connectivity index (χ0) is 14.8. The summed E-state index contributed by atoms with van der Waals surface area (Å²) in [4.78, 5) is 0. The Morgan fingerprint density at radius 2 is 2.00 bits per heavy atom. The number of alkyl halides is 3. The molecule has 0 saturated heterocycles. The standard InChI is InChI=1S/C14H16F3N3/c1-2-3-6-11-9-13(18)20(19-11)12-7-4-5-10(8-12)14(15,16)17/h4-5,7-9H,2-3,6,18H2,1H3. The van der Waals surface area contributed by atoms with Gasteiger partial charge in [0.2, 0.25) is 0 Å². The van der Waals surface area contributed by atoms with Gasteiger partial charge in [-0.2, -0.15) is 18.3 Å². The number of aryl methyl sites for hydroxylation is 1. The molecule has 2 rings (SSSR count). The third kappa shape index (κ3) is 3.12. The Morgan fingerprint density at radius 3 is 2.65 bits per heavy atom. The van der Waals surface area contributed by atoms with Crippen molar-refractivity contribution in [2.24, 2.45) is 0 Å². The number of nitrogens with two attached hydrogens (primary N) is 1. The highest BCUT2D eigenvalue weighted by atomic mass is 19.4. The van der Waals surface area contributed by atoms with Crippen molar-refractivity contribution in [2.45, 2.75) is 32.4 Å². The largest absolute Gasteiger partial charge is 0.416 e. The van der Waals surface area contributed by atoms with Gasteiger partial charge in [0.15, 0.2) is 0 Å². The fraction of sp³-hybridized carbons (Fsp3) is 0.357. The van der Waals surface area contributed by atoms with Crippen LogP contribution >= 0.6 is 0 Å². The lowest BCUT2D eigenvalue weighted by molar-refractivity contribution is -0.137. The Bertz CT molecular complexity index is 588. The van der Waals surface area contributed by atoms with Gasteiger partial charge in [0.1, 0.15) is 5.82 Å². The quantitative estimate of drug-likeness (QED) is 0.927. The lowest BCUT2D eigenvalue weighted by Crippen LogP contribution is -2.07. The molecule has 0 amide bonds. The zero-order valence-corrected chi connectivity index (χ0v) is 11.1. The summed E-state index contributed by atoms with van der Waals surface area (Å²) in [6.07, 6.45) is -1.61. The molecule has 2 aromatic rings. The summed E-state index contributed by atoms with van der Waals surface area (Å²) >= 11 is 0. The number of rotatable bonds is 4. The average molecular weight is 283 g/mol. The second-order valence-corrected chi connectivity index (χ2v) is 4.62. The smallest absolute Gasteiger partial charge is 0.384 e. The Hall–Kier alpha value is -1.98. The van der Waals surface area contributed by atoms with E-state index in [2.05, 4.69) is 12.0 Å². The zero-order valence-electron chi connectivity index (χ0n) is 11.1. The van der Waals surface area contributed by atoms with Crippen molar-refractivity contribution in [3.63, 3.8) is 0 Å². The molecular weight excluding hydrogens is 267 g/mol. The van der Waals surface area contributed by atoms with Crippen LogP contribution in [0.5, 0.6) is 0 Å². The van der Waals surface area contributed by atoms with E-state index < -0.39 is 11.7 Å². The van der Waals surface area contributed by atoms with Crippen LogP contribution in [0.25, 0.3) is 5.69 Å². The second-order valence-electron chi connectivity index (χ2n) is 4.62. The molecule has 3 nitrogen and oxygen atoms in total. The van der Waals surface area contributed by atoms with E-state index in [1.165, 1.54) is 10.7 Å². The number of anilines is 1. The lowest BCUT2D eigenvalue weighted by atomic mass is 10.2. The molecule has 20 heavy (non-hydrogen) atoms. The van der Waals surface area contributed by atoms with Crippen molar-refractivity contribution in [2.75, 3.05) is 5.73 Å². The first-order valence-corrected chi connectivity index (χ1v) is 6.44. The Morgan fingerprint density at radius 1 is 1.25 bits per heavy atom. The number of unbranched alkanes of at least 4 members (excludes halogenated alkanes) is 1. The molecule has 1 aromatic carbocycles. The summed E-state index contributed by atoms with van der Waals surface area (Å²) in [6, 6.07) is 6.69. The van der Waals surface area contributed by atoms with Crippen LogP contribution in [-0.4, -0.2) is 9.78 Å². The number of aromatic nitrogens is 2. The summed E-state index contributed by atoms with van der Waals surface area (Å²) in [5, 5.41) is 4.27. The first kappa shape index (κ1) is 14.4. The number of nitrogens with zero attached hydrogens (tertiary/aromatic N) is 2. The van der Waals surface area contributed by atoms with Crippen LogP contribution in [0.3, 0.4) is 0 Å². The van der Waals surface area contributed by atoms with Crippen LogP contribution in [0.2, 0.25) is 0 Å². The van der Waals surface area contributed by atoms with Gasteiger partial charge in [0.25, 0.3) is 0 Å². The summed E-state index contributed by atoms with van der Waals surface area (Å²) in [5.74, 6) is 0.343. The molecule has 0 aliphatic heterocycles. The van der Waals surface area contributed by atoms with E-state index in [1.54, 1.807) is 12.1 Å². The summed E-state index contributed by atoms with van der Waals surface area (Å²) in [6.45, 7) is 2.06. The van der Waals surface area contributed by atoms with Crippen LogP contribution in [-0.2, 0) is 12.6 Å². The molecule has 6 heteroatoms. The Balaban J connectivity index is 2.34. The summed E-state index contributed by atoms with van der Waals surface area (Å²) in [5.41, 5.74) is 6.23. The van der Waals surface area contributed by atoms with Crippen LogP contribution in [0.15, 0.2) is 30.3 Å². The molecule has 1 heterocycles. The molecular formula is C14H16F3N3. The molecule has 0 fully saturated rings. The number of hydrogen-bond donors (Lipinski definition) is 1. The topological polar surface area (TPSA) is 43.8 Å². The van der Waals surface area contributed by atoms with Gasteiger partial charge < -0.3 is 5.73 Å². The minimum atomic E-state index is -4.37. The first-order chi connectivity index (χ1) is 9.41. The maximum Gasteiger partial charge on any atom is 0.416 e. The van der Waals surface area contributed by atoms with Gasteiger partial charge in [-0.3, -0.25) is 0 Å². The minimum absolute atomic E-state index is 0.320. The van der Waals surface area contributed by atoms with Gasteiger partial charge in [-0.1, -0.05) is 19.4 Å². The van der Waals surface area contributed by atoms with Gasteiger partial charge in [0.05, 0.1) is 16.9 Å². The van der Waals surface area contributed by atoms with E-state index in [1.807, 2.05) is 0 Å². The number of halogens is 3. The Kier molecular flexibility index (Phi) is 4.01. The maximum atomic E-state index is 12.7. The highest BCUT2D eigenvalue weighted by Gasteiger charge is 2.30. The van der Waals surface area contributed by atoms with Gasteiger partial charge >= 0.3 is 6.18 Å². The molecule has 0 bridgehead atoms. The van der Waals surface area contributed by atoms with Gasteiger partial charge in [-0.25, -0.2) is 4.68 Å². The number of benzene rings is 1. The maximum absolute atomic E-state index is 12.7. The van der Waals surface area contributed by atoms with Crippen molar-refractivity contribution >= 4 is 5.82 Å². The monoisotopic (exact) mass is 283 g/mol. The van der Waals surface area contributed by atoms with Crippen molar-refractivity contribution in [3.8, 4) is 5.69 Å². The molecule has 0 aliphatic rings. The van der Waals surface area contributed by atoms with E-state index in [-0.39, 0.29) is 0 Å². The SMILES string of the molecule is CCCCc1cc(N)n(-c2cccc(C(F)(F)F)c2)n1. The van der Waals surface area contributed by atoms with Crippen molar-refractivity contribution in [1.82, 2.24) is 9.78 Å². The van der Waals surface area contributed by atoms with Gasteiger partial charge in [-0.05, 0) is 31.0 Å². The summed E-state index contributed by atoms with van der Waals surface area (Å²) < 4.78 is 39.4. The van der Waals surface area contributed by atoms with Crippen LogP contribution in [0.1, 0.15) is 31.0 Å². The van der Waals surface area contributed by atoms with Crippen LogP contribution in [0, 0.1) is 0 Å². The molecule has 0 spiro atoms. The highest BCUT2D eigenvalue weighted by Crippen LogP contribution is 2.30. The minimum Gasteiger partial charge on any atom is -0.384 e. The molecule has 1 aromatic heterocycles. The van der Waals surface area contributed by atoms with E-state index in [0.717, 1.165) is 37.1 Å². The first-order valence-electron chi connectivity index (χ1n) is 6.44. The highest BCUT2D eigenvalue weighted by molar-refractivity contribution is 5.45. The summed E-state index contributed by atoms with van der Waals surface area (Å²) in [7, 11) is 0. The van der Waals surface area contributed by atoms with Crippen LogP contribution < -0.4 is 5.73 Å². The normalized spacial score (nSPS) is 11.8. The van der Waals surface area contributed by atoms with Gasteiger partial charge in [-0.15, -0.1) is 0 Å². The van der Waals surface area contributed by atoms with E-state index in [4.69, 9.17) is 5.73 Å². The van der Waals surface area contributed by atoms with Gasteiger partial charge in [0, 0.05) is 6.07 Å². The lowest BCUT2D eigenvalue weighted by Gasteiger charge is -2.09. The molecule has 2 N–H and O–H groups in total. The molecule has 0 radical (unpaired) electrons. The average Bonchev–Trinajstić information content (AvgIpc) is 2.77. The molecule has 0 aliphatic carbocycles. The predicted octanol–water partition coefficient (Wildman–Crippen LogP) is 3.82.